The molecule has 0 unspecified atom stereocenters. The van der Waals surface area contributed by atoms with Crippen LogP contribution < -0.4 is 10.4 Å². The van der Waals surface area contributed by atoms with Crippen LogP contribution in [0.3, 0.4) is 0 Å². The van der Waals surface area contributed by atoms with Gasteiger partial charge in [-0.3, -0.25) is 4.79 Å². The maximum atomic E-state index is 12.2. The Morgan fingerprint density at radius 2 is 1.67 bits per heavy atom. The number of carbonyl (C=O) groups is 1. The fraction of sp³-hybridized carbons (Fsp3) is 0.0714. The zero-order valence-electron chi connectivity index (χ0n) is 10.2. The van der Waals surface area contributed by atoms with Crippen LogP contribution in [-0.2, 0) is 0 Å². The first-order valence-corrected chi connectivity index (χ1v) is 5.75. The molecule has 90 valence electrons. The van der Waals surface area contributed by atoms with Crippen molar-refractivity contribution < 1.29 is 9.82 Å². The molecule has 0 heterocycles. The van der Waals surface area contributed by atoms with Gasteiger partial charge < -0.3 is 9.92 Å². The summed E-state index contributed by atoms with van der Waals surface area (Å²) in [5, 5.41) is 8.96. The van der Waals surface area contributed by atoms with Crippen molar-refractivity contribution in [2.75, 3.05) is 11.9 Å². The number of rotatable bonds is 3. The number of hydrogen-bond donors (Lipinski definition) is 1. The lowest BCUT2D eigenvalue weighted by atomic mass is 9.88. The van der Waals surface area contributed by atoms with Crippen LogP contribution >= 0.6 is 0 Å². The van der Waals surface area contributed by atoms with E-state index in [1.807, 2.05) is 30.3 Å². The van der Waals surface area contributed by atoms with Crippen LogP contribution in [0.15, 0.2) is 54.6 Å². The third-order valence-corrected chi connectivity index (χ3v) is 2.83. The summed E-state index contributed by atoms with van der Waals surface area (Å²) in [6, 6.07) is 16.5. The molecular formula is C14H14BNO2. The largest absolute Gasteiger partial charge is 0.449 e. The van der Waals surface area contributed by atoms with Crippen LogP contribution in [0, 0.1) is 0 Å². The summed E-state index contributed by atoms with van der Waals surface area (Å²) in [5.74, 6) is -0.0642. The van der Waals surface area contributed by atoms with E-state index in [4.69, 9.17) is 5.02 Å². The first-order valence-electron chi connectivity index (χ1n) is 5.75. The SMILES string of the molecule is CN(C(=O)c1ccc(BO)cc1)c1ccccc1. The molecule has 0 aliphatic carbocycles. The van der Waals surface area contributed by atoms with Crippen molar-refractivity contribution in [3.63, 3.8) is 0 Å². The normalized spacial score (nSPS) is 9.89. The van der Waals surface area contributed by atoms with Gasteiger partial charge in [0.25, 0.3) is 5.91 Å². The van der Waals surface area contributed by atoms with Crippen LogP contribution in [-0.4, -0.2) is 25.5 Å². The lowest BCUT2D eigenvalue weighted by Crippen LogP contribution is -2.26. The van der Waals surface area contributed by atoms with Crippen molar-refractivity contribution in [1.29, 1.82) is 0 Å². The van der Waals surface area contributed by atoms with Crippen LogP contribution in [0.4, 0.5) is 5.69 Å². The average Bonchev–Trinajstić information content (AvgIpc) is 2.47. The van der Waals surface area contributed by atoms with Crippen molar-refractivity contribution in [2.24, 2.45) is 0 Å². The number of anilines is 1. The quantitative estimate of drug-likeness (QED) is 0.809. The summed E-state index contributed by atoms with van der Waals surface area (Å²) in [7, 11) is 1.74. The lowest BCUT2D eigenvalue weighted by molar-refractivity contribution is 0.0993. The summed E-state index contributed by atoms with van der Waals surface area (Å²) in [4.78, 5) is 13.8. The van der Waals surface area contributed by atoms with Gasteiger partial charge in [-0.15, -0.1) is 0 Å². The molecule has 4 heteroatoms. The third-order valence-electron chi connectivity index (χ3n) is 2.83. The molecule has 2 rings (SSSR count). The Kier molecular flexibility index (Phi) is 3.80. The summed E-state index contributed by atoms with van der Waals surface area (Å²) in [6.07, 6.45) is 0. The highest BCUT2D eigenvalue weighted by Gasteiger charge is 2.12. The van der Waals surface area contributed by atoms with E-state index in [1.54, 1.807) is 36.2 Å². The van der Waals surface area contributed by atoms with Gasteiger partial charge in [0.05, 0.1) is 0 Å². The second-order valence-electron chi connectivity index (χ2n) is 4.05. The predicted octanol–water partition coefficient (Wildman–Crippen LogP) is 0.932. The summed E-state index contributed by atoms with van der Waals surface area (Å²) in [5.41, 5.74) is 2.27. The van der Waals surface area contributed by atoms with Gasteiger partial charge in [0.1, 0.15) is 0 Å². The second-order valence-corrected chi connectivity index (χ2v) is 4.05. The van der Waals surface area contributed by atoms with Gasteiger partial charge in [0.2, 0.25) is 0 Å². The number of hydrogen-bond acceptors (Lipinski definition) is 2. The number of nitrogens with zero attached hydrogens (tertiary/aromatic N) is 1. The summed E-state index contributed by atoms with van der Waals surface area (Å²) >= 11 is 0. The zero-order chi connectivity index (χ0) is 13.0. The van der Waals surface area contributed by atoms with Crippen LogP contribution in [0.1, 0.15) is 10.4 Å². The predicted molar refractivity (Wildman–Crippen MR) is 74.6 cm³/mol. The van der Waals surface area contributed by atoms with E-state index in [2.05, 4.69) is 0 Å². The average molecular weight is 239 g/mol. The molecule has 0 aliphatic rings. The van der Waals surface area contributed by atoms with Crippen molar-refractivity contribution in [3.05, 3.63) is 60.2 Å². The lowest BCUT2D eigenvalue weighted by Gasteiger charge is -2.17. The molecule has 3 nitrogen and oxygen atoms in total. The molecule has 0 spiro atoms. The summed E-state index contributed by atoms with van der Waals surface area (Å²) in [6.45, 7) is 0. The minimum absolute atomic E-state index is 0.0109. The maximum absolute atomic E-state index is 12.2. The van der Waals surface area contributed by atoms with Gasteiger partial charge in [0, 0.05) is 18.3 Å². The Morgan fingerprint density at radius 1 is 1.06 bits per heavy atom. The maximum Gasteiger partial charge on any atom is 0.304 e. The van der Waals surface area contributed by atoms with Gasteiger partial charge in [-0.25, -0.2) is 0 Å². The third kappa shape index (κ3) is 2.60. The number of amides is 1. The van der Waals surface area contributed by atoms with Crippen molar-refractivity contribution in [2.45, 2.75) is 0 Å². The van der Waals surface area contributed by atoms with Gasteiger partial charge in [-0.1, -0.05) is 35.8 Å². The highest BCUT2D eigenvalue weighted by atomic mass is 16.2. The minimum atomic E-state index is -0.0642. The molecule has 18 heavy (non-hydrogen) atoms. The standard InChI is InChI=1S/C14H14BNO2/c1-16(13-5-3-2-4-6-13)14(17)11-7-9-12(15-18)10-8-11/h2-10,15,18H,1H3. The molecule has 0 saturated heterocycles. The Balaban J connectivity index is 2.20. The van der Waals surface area contributed by atoms with Crippen molar-refractivity contribution in [1.82, 2.24) is 0 Å². The van der Waals surface area contributed by atoms with Crippen molar-refractivity contribution >= 4 is 24.5 Å². The molecule has 2 aromatic carbocycles. The Hall–Kier alpha value is -2.07. The van der Waals surface area contributed by atoms with E-state index in [9.17, 15) is 4.79 Å². The Bertz CT molecular complexity index is 525. The molecule has 0 atom stereocenters. The molecule has 0 saturated carbocycles. The first kappa shape index (κ1) is 12.4. The Labute approximate surface area is 107 Å². The van der Waals surface area contributed by atoms with Crippen LogP contribution in [0.5, 0.6) is 0 Å². The number of benzene rings is 2. The van der Waals surface area contributed by atoms with E-state index in [0.717, 1.165) is 11.2 Å². The fourth-order valence-electron chi connectivity index (χ4n) is 1.72. The monoisotopic (exact) mass is 239 g/mol. The first-order chi connectivity index (χ1) is 8.72. The molecule has 0 fully saturated rings. The highest BCUT2D eigenvalue weighted by molar-refractivity contribution is 6.45. The molecule has 1 amide bonds. The summed E-state index contributed by atoms with van der Waals surface area (Å²) < 4.78 is 0. The molecule has 0 aliphatic heterocycles. The van der Waals surface area contributed by atoms with E-state index in [-0.39, 0.29) is 13.4 Å². The van der Waals surface area contributed by atoms with E-state index < -0.39 is 0 Å². The van der Waals surface area contributed by atoms with Gasteiger partial charge >= 0.3 is 7.48 Å². The topological polar surface area (TPSA) is 40.5 Å². The number of carbonyl (C=O) groups excluding carboxylic acids is 1. The zero-order valence-corrected chi connectivity index (χ0v) is 10.2. The van der Waals surface area contributed by atoms with Gasteiger partial charge in [0.15, 0.2) is 0 Å². The molecule has 0 aromatic heterocycles. The second kappa shape index (κ2) is 5.51. The van der Waals surface area contributed by atoms with E-state index >= 15 is 0 Å². The smallest absolute Gasteiger partial charge is 0.304 e. The van der Waals surface area contributed by atoms with Crippen molar-refractivity contribution in [3.8, 4) is 0 Å². The minimum Gasteiger partial charge on any atom is -0.449 e. The molecule has 2 aromatic rings. The van der Waals surface area contributed by atoms with Crippen LogP contribution in [0.25, 0.3) is 0 Å². The highest BCUT2D eigenvalue weighted by Crippen LogP contribution is 2.14. The van der Waals surface area contributed by atoms with Crippen LogP contribution in [0.2, 0.25) is 0 Å². The molecular weight excluding hydrogens is 225 g/mol. The number of para-hydroxylation sites is 1. The van der Waals surface area contributed by atoms with E-state index in [1.165, 1.54) is 0 Å². The van der Waals surface area contributed by atoms with E-state index in [0.29, 0.717) is 5.56 Å². The Morgan fingerprint density at radius 3 is 2.22 bits per heavy atom. The molecule has 0 bridgehead atoms. The van der Waals surface area contributed by atoms with Gasteiger partial charge in [-0.05, 0) is 24.3 Å². The molecule has 0 radical (unpaired) electrons. The molecule has 1 N–H and O–H groups in total. The fourth-order valence-corrected chi connectivity index (χ4v) is 1.72. The van der Waals surface area contributed by atoms with Gasteiger partial charge in [-0.2, -0.15) is 0 Å².